The van der Waals surface area contributed by atoms with Crippen LogP contribution in [0.2, 0.25) is 0 Å². The van der Waals surface area contributed by atoms with Gasteiger partial charge in [0.1, 0.15) is 0 Å². The van der Waals surface area contributed by atoms with Gasteiger partial charge in [0, 0.05) is 26.0 Å². The van der Waals surface area contributed by atoms with Crippen molar-refractivity contribution in [2.45, 2.75) is 32.2 Å². The van der Waals surface area contributed by atoms with Gasteiger partial charge in [0.05, 0.1) is 0 Å². The molecule has 2 unspecified atom stereocenters. The van der Waals surface area contributed by atoms with Gasteiger partial charge in [-0.1, -0.05) is 13.3 Å². The zero-order valence-corrected chi connectivity index (χ0v) is 9.23. The number of hydrogen-bond acceptors (Lipinski definition) is 4. The molecule has 0 saturated heterocycles. The van der Waals surface area contributed by atoms with E-state index >= 15 is 0 Å². The predicted octanol–water partition coefficient (Wildman–Crippen LogP) is -0.198. The first kappa shape index (κ1) is 13.4. The van der Waals surface area contributed by atoms with Crippen molar-refractivity contribution < 1.29 is 14.1 Å². The molecule has 5 nitrogen and oxygen atoms in total. The smallest absolute Gasteiger partial charge is 0.532 e. The second kappa shape index (κ2) is 5.98. The minimum atomic E-state index is -2.59. The first-order chi connectivity index (χ1) is 6.39. The lowest BCUT2D eigenvalue weighted by atomic mass is 10.2. The van der Waals surface area contributed by atoms with Crippen LogP contribution in [0, 0.1) is 4.78 Å². The number of hydrogen-bond donors (Lipinski definition) is 2. The summed E-state index contributed by atoms with van der Waals surface area (Å²) in [6.07, 6.45) is 1.83. The van der Waals surface area contributed by atoms with Crippen molar-refractivity contribution in [2.75, 3.05) is 11.5 Å². The molecule has 0 amide bonds. The van der Waals surface area contributed by atoms with Gasteiger partial charge in [0.15, 0.2) is 6.04 Å². The van der Waals surface area contributed by atoms with E-state index in [9.17, 15) is 9.00 Å². The molecule has 2 atom stereocenters. The average molecular weight is 223 g/mol. The standard InChI is InChI=1S/C8H18N2O3S/c1-2-3-5-14(10,13)6-4-7(9)8(11)12/h7,10H,2-6,9H2,1H3,(H,11,12)/p+1. The lowest BCUT2D eigenvalue weighted by Crippen LogP contribution is -2.32. The van der Waals surface area contributed by atoms with Crippen molar-refractivity contribution in [1.29, 1.82) is 4.78 Å². The minimum Gasteiger partial charge on any atom is -0.564 e. The molecule has 0 aromatic rings. The van der Waals surface area contributed by atoms with Crippen LogP contribution in [0.5, 0.6) is 0 Å². The van der Waals surface area contributed by atoms with Crippen LogP contribution in [0.1, 0.15) is 26.2 Å². The maximum absolute atomic E-state index is 11.5. The fourth-order valence-electron chi connectivity index (χ4n) is 0.928. The van der Waals surface area contributed by atoms with Crippen molar-refractivity contribution >= 4 is 15.7 Å². The number of carbonyl (C=O) groups is 1. The van der Waals surface area contributed by atoms with E-state index in [1.165, 1.54) is 0 Å². The summed E-state index contributed by atoms with van der Waals surface area (Å²) in [4.78, 5) is 10.5. The Morgan fingerprint density at radius 1 is 1.57 bits per heavy atom. The molecule has 0 aliphatic rings. The predicted molar refractivity (Wildman–Crippen MR) is 56.7 cm³/mol. The third-order valence-electron chi connectivity index (χ3n) is 1.92. The van der Waals surface area contributed by atoms with Gasteiger partial charge in [-0.2, -0.15) is 0 Å². The Morgan fingerprint density at radius 3 is 2.57 bits per heavy atom. The van der Waals surface area contributed by atoms with Gasteiger partial charge >= 0.3 is 5.97 Å². The van der Waals surface area contributed by atoms with Crippen LogP contribution >= 0.6 is 0 Å². The van der Waals surface area contributed by atoms with E-state index in [1.54, 1.807) is 0 Å². The van der Waals surface area contributed by atoms with Crippen LogP contribution in [0.15, 0.2) is 0 Å². The normalized spacial score (nSPS) is 17.3. The number of nitrogens with two attached hydrogens (primary N) is 1. The molecular formula is C8H19N2O3S+. The van der Waals surface area contributed by atoms with Crippen LogP contribution in [-0.2, 0) is 14.5 Å². The fraction of sp³-hybridized carbons (Fsp3) is 0.875. The zero-order valence-electron chi connectivity index (χ0n) is 8.41. The SMILES string of the molecule is CCCCS(=N)(=O)CCC(N)C(=O)[OH2+]. The Morgan fingerprint density at radius 2 is 2.14 bits per heavy atom. The molecule has 0 spiro atoms. The topological polar surface area (TPSA) is 107 Å². The summed E-state index contributed by atoms with van der Waals surface area (Å²) in [6.45, 7) is 1.97. The summed E-state index contributed by atoms with van der Waals surface area (Å²) in [5.74, 6) is -0.364. The van der Waals surface area contributed by atoms with Gasteiger partial charge in [0.25, 0.3) is 0 Å². The maximum Gasteiger partial charge on any atom is 0.532 e. The molecule has 0 bridgehead atoms. The number of carbonyl (C=O) groups excluding carboxylic acids is 1. The molecule has 84 valence electrons. The summed E-state index contributed by atoms with van der Waals surface area (Å²) in [6, 6.07) is -0.886. The second-order valence-corrected chi connectivity index (χ2v) is 5.77. The maximum atomic E-state index is 11.5. The number of rotatable bonds is 7. The molecule has 0 radical (unpaired) electrons. The summed E-state index contributed by atoms with van der Waals surface area (Å²) in [7, 11) is -2.59. The molecule has 0 fully saturated rings. The highest BCUT2D eigenvalue weighted by molar-refractivity contribution is 7.92. The van der Waals surface area contributed by atoms with Crippen LogP contribution in [0.4, 0.5) is 0 Å². The average Bonchev–Trinajstić information content (AvgIpc) is 2.11. The molecule has 0 rings (SSSR count). The lowest BCUT2D eigenvalue weighted by molar-refractivity contribution is -0.138. The van der Waals surface area contributed by atoms with Crippen LogP contribution in [0.3, 0.4) is 0 Å². The van der Waals surface area contributed by atoms with E-state index in [1.807, 2.05) is 6.92 Å². The van der Waals surface area contributed by atoms with E-state index in [0.29, 0.717) is 5.75 Å². The molecule has 0 aromatic carbocycles. The van der Waals surface area contributed by atoms with E-state index < -0.39 is 21.7 Å². The summed E-state index contributed by atoms with van der Waals surface area (Å²) in [5, 5.41) is 6.71. The molecule has 0 saturated carbocycles. The van der Waals surface area contributed by atoms with E-state index in [4.69, 9.17) is 15.6 Å². The fourth-order valence-corrected chi connectivity index (χ4v) is 2.52. The lowest BCUT2D eigenvalue weighted by Gasteiger charge is -2.07. The molecule has 0 aliphatic heterocycles. The van der Waals surface area contributed by atoms with Gasteiger partial charge in [-0.25, -0.2) is 4.21 Å². The van der Waals surface area contributed by atoms with Crippen LogP contribution in [-0.4, -0.2) is 32.8 Å². The third kappa shape index (κ3) is 5.93. The first-order valence-electron chi connectivity index (χ1n) is 4.64. The van der Waals surface area contributed by atoms with Crippen molar-refractivity contribution in [3.8, 4) is 0 Å². The molecule has 5 N–H and O–H groups in total. The van der Waals surface area contributed by atoms with Gasteiger partial charge in [-0.05, 0) is 12.8 Å². The highest BCUT2D eigenvalue weighted by Crippen LogP contribution is 2.02. The summed E-state index contributed by atoms with van der Waals surface area (Å²) < 4.78 is 19.0. The zero-order chi connectivity index (χ0) is 11.2. The van der Waals surface area contributed by atoms with Gasteiger partial charge in [-0.3, -0.25) is 4.78 Å². The Hall–Kier alpha value is -0.620. The van der Waals surface area contributed by atoms with E-state index in [-0.39, 0.29) is 12.2 Å². The number of nitrogens with one attached hydrogen (secondary N) is 1. The first-order valence-corrected chi connectivity index (χ1v) is 6.54. The Bertz CT molecular complexity index is 274. The van der Waals surface area contributed by atoms with Gasteiger partial charge < -0.3 is 10.8 Å². The molecule has 0 heterocycles. The molecule has 14 heavy (non-hydrogen) atoms. The number of unbranched alkanes of at least 4 members (excludes halogenated alkanes) is 1. The molecule has 0 aromatic heterocycles. The summed E-state index contributed by atoms with van der Waals surface area (Å²) in [5.41, 5.74) is 5.31. The second-order valence-electron chi connectivity index (χ2n) is 3.33. The largest absolute Gasteiger partial charge is 0.564 e. The molecule has 6 heteroatoms. The van der Waals surface area contributed by atoms with Gasteiger partial charge in [-0.15, -0.1) is 0 Å². The van der Waals surface area contributed by atoms with Crippen molar-refractivity contribution in [2.24, 2.45) is 5.73 Å². The monoisotopic (exact) mass is 223 g/mol. The molecular weight excluding hydrogens is 204 g/mol. The molecule has 0 aliphatic carbocycles. The Kier molecular flexibility index (Phi) is 5.71. The van der Waals surface area contributed by atoms with Gasteiger partial charge in [0.2, 0.25) is 0 Å². The quantitative estimate of drug-likeness (QED) is 0.583. The van der Waals surface area contributed by atoms with E-state index in [2.05, 4.69) is 0 Å². The van der Waals surface area contributed by atoms with Crippen LogP contribution < -0.4 is 5.73 Å². The van der Waals surface area contributed by atoms with Crippen molar-refractivity contribution in [1.82, 2.24) is 0 Å². The van der Waals surface area contributed by atoms with Crippen molar-refractivity contribution in [3.63, 3.8) is 0 Å². The highest BCUT2D eigenvalue weighted by atomic mass is 32.2. The van der Waals surface area contributed by atoms with Crippen LogP contribution in [0.25, 0.3) is 0 Å². The summed E-state index contributed by atoms with van der Waals surface area (Å²) >= 11 is 0. The minimum absolute atomic E-state index is 0.124. The van der Waals surface area contributed by atoms with E-state index in [0.717, 1.165) is 12.8 Å². The third-order valence-corrected chi connectivity index (χ3v) is 3.77. The van der Waals surface area contributed by atoms with Crippen molar-refractivity contribution in [3.05, 3.63) is 0 Å². The Labute approximate surface area is 84.7 Å². The Balaban J connectivity index is 3.93. The highest BCUT2D eigenvalue weighted by Gasteiger charge is 2.21.